The zero-order valence-corrected chi connectivity index (χ0v) is 23.0. The third kappa shape index (κ3) is 6.35. The van der Waals surface area contributed by atoms with Gasteiger partial charge in [0.05, 0.1) is 32.1 Å². The van der Waals surface area contributed by atoms with Crippen molar-refractivity contribution in [3.63, 3.8) is 0 Å². The van der Waals surface area contributed by atoms with E-state index in [0.717, 1.165) is 36.8 Å². The van der Waals surface area contributed by atoms with Crippen LogP contribution in [0.15, 0.2) is 29.4 Å². The molecule has 198 valence electrons. The van der Waals surface area contributed by atoms with Crippen molar-refractivity contribution in [2.75, 3.05) is 25.3 Å². The average Bonchev–Trinajstić information content (AvgIpc) is 3.47. The molecule has 2 amide bonds. The lowest BCUT2D eigenvalue weighted by atomic mass is 9.96. The van der Waals surface area contributed by atoms with Crippen LogP contribution in [-0.2, 0) is 36.0 Å². The van der Waals surface area contributed by atoms with Gasteiger partial charge in [-0.1, -0.05) is 17.8 Å². The lowest BCUT2D eigenvalue weighted by Crippen LogP contribution is -2.22. The molecular weight excluding hydrogens is 524 g/mol. The number of nitriles is 1. The number of hydrogen-bond donors (Lipinski definition) is 2. The molecule has 0 bridgehead atoms. The number of ether oxygens (including phenoxy) is 2. The predicted octanol–water partition coefficient (Wildman–Crippen LogP) is 3.70. The number of nitrogens with one attached hydrogen (secondary N) is 2. The molecule has 38 heavy (non-hydrogen) atoms. The Hall–Kier alpha value is -3.82. The van der Waals surface area contributed by atoms with E-state index >= 15 is 0 Å². The first-order valence-corrected chi connectivity index (χ1v) is 13.8. The van der Waals surface area contributed by atoms with E-state index in [1.54, 1.807) is 44.0 Å². The highest BCUT2D eigenvalue weighted by Gasteiger charge is 2.22. The predicted molar refractivity (Wildman–Crippen MR) is 146 cm³/mol. The van der Waals surface area contributed by atoms with Crippen LogP contribution >= 0.6 is 23.1 Å². The standard InChI is InChI=1S/C26H28N6O4S2/c1-32-22(14-28-23(33)11-9-16-8-10-19(35-2)20(12-16)36-3)30-31-26(32)37-15-24(34)29-25-18(13-27)17-6-4-5-7-21(17)38-25/h8-12H,4-7,14-15H2,1-3H3,(H,28,33)(H,29,34)/b11-9+. The minimum Gasteiger partial charge on any atom is -0.493 e. The number of thioether (sulfide) groups is 1. The molecule has 0 aliphatic heterocycles. The van der Waals surface area contributed by atoms with Gasteiger partial charge < -0.3 is 24.7 Å². The number of aryl methyl sites for hydroxylation is 1. The summed E-state index contributed by atoms with van der Waals surface area (Å²) in [6.45, 7) is 0.178. The number of thiophene rings is 1. The molecule has 0 saturated heterocycles. The van der Waals surface area contributed by atoms with Gasteiger partial charge in [0.15, 0.2) is 22.5 Å². The second-order valence-corrected chi connectivity index (χ2v) is 10.5. The third-order valence-corrected chi connectivity index (χ3v) is 8.28. The molecule has 0 unspecified atom stereocenters. The molecule has 0 spiro atoms. The number of anilines is 1. The normalized spacial score (nSPS) is 12.6. The quantitative estimate of drug-likeness (QED) is 0.288. The number of fused-ring (bicyclic) bond motifs is 1. The van der Waals surface area contributed by atoms with E-state index in [0.29, 0.717) is 33.0 Å². The van der Waals surface area contributed by atoms with Crippen LogP contribution in [0.5, 0.6) is 11.5 Å². The second-order valence-electron chi connectivity index (χ2n) is 8.49. The van der Waals surface area contributed by atoms with Crippen molar-refractivity contribution in [2.45, 2.75) is 37.4 Å². The van der Waals surface area contributed by atoms with Gasteiger partial charge in [-0.05, 0) is 55.0 Å². The summed E-state index contributed by atoms with van der Waals surface area (Å²) >= 11 is 2.75. The first kappa shape index (κ1) is 27.2. The van der Waals surface area contributed by atoms with Gasteiger partial charge in [-0.3, -0.25) is 9.59 Å². The highest BCUT2D eigenvalue weighted by Crippen LogP contribution is 2.37. The Labute approximate surface area is 229 Å². The van der Waals surface area contributed by atoms with Crippen molar-refractivity contribution in [3.8, 4) is 17.6 Å². The van der Waals surface area contributed by atoms with Crippen LogP contribution in [-0.4, -0.2) is 46.6 Å². The van der Waals surface area contributed by atoms with E-state index in [2.05, 4.69) is 26.9 Å². The molecule has 0 saturated carbocycles. The van der Waals surface area contributed by atoms with Crippen LogP contribution in [0.2, 0.25) is 0 Å². The summed E-state index contributed by atoms with van der Waals surface area (Å²) in [5, 5.41) is 24.7. The van der Waals surface area contributed by atoms with Crippen molar-refractivity contribution in [2.24, 2.45) is 7.05 Å². The number of benzene rings is 1. The Bertz CT molecular complexity index is 1410. The number of aromatic nitrogens is 3. The van der Waals surface area contributed by atoms with E-state index in [-0.39, 0.29) is 24.1 Å². The molecule has 2 heterocycles. The largest absolute Gasteiger partial charge is 0.493 e. The third-order valence-electron chi connectivity index (χ3n) is 6.05. The average molecular weight is 553 g/mol. The zero-order chi connectivity index (χ0) is 27.1. The Morgan fingerprint density at radius 2 is 2.00 bits per heavy atom. The van der Waals surface area contributed by atoms with Gasteiger partial charge in [-0.15, -0.1) is 21.5 Å². The summed E-state index contributed by atoms with van der Waals surface area (Å²) in [4.78, 5) is 26.1. The Kier molecular flexibility index (Phi) is 9.04. The summed E-state index contributed by atoms with van der Waals surface area (Å²) in [7, 11) is 4.90. The highest BCUT2D eigenvalue weighted by molar-refractivity contribution is 7.99. The van der Waals surface area contributed by atoms with Crippen LogP contribution < -0.4 is 20.1 Å². The highest BCUT2D eigenvalue weighted by atomic mass is 32.2. The number of carbonyl (C=O) groups excluding carboxylic acids is 2. The summed E-state index contributed by atoms with van der Waals surface area (Å²) in [5.41, 5.74) is 2.48. The van der Waals surface area contributed by atoms with Crippen molar-refractivity contribution >= 4 is 46.0 Å². The number of hydrogen-bond acceptors (Lipinski definition) is 9. The van der Waals surface area contributed by atoms with Crippen LogP contribution in [0.1, 0.15) is 40.2 Å². The maximum Gasteiger partial charge on any atom is 0.244 e. The molecule has 2 aromatic heterocycles. The summed E-state index contributed by atoms with van der Waals surface area (Å²) in [5.74, 6) is 1.37. The van der Waals surface area contributed by atoms with Gasteiger partial charge in [-0.25, -0.2) is 0 Å². The van der Waals surface area contributed by atoms with E-state index in [4.69, 9.17) is 9.47 Å². The molecule has 1 aliphatic carbocycles. The van der Waals surface area contributed by atoms with Gasteiger partial charge in [0, 0.05) is 18.0 Å². The molecule has 10 nitrogen and oxygen atoms in total. The fraction of sp³-hybridized carbons (Fsp3) is 0.346. The lowest BCUT2D eigenvalue weighted by molar-refractivity contribution is -0.116. The van der Waals surface area contributed by atoms with Gasteiger partial charge in [0.25, 0.3) is 0 Å². The topological polar surface area (TPSA) is 131 Å². The van der Waals surface area contributed by atoms with Gasteiger partial charge in [0.2, 0.25) is 11.8 Å². The fourth-order valence-corrected chi connectivity index (χ4v) is 6.03. The first-order valence-electron chi connectivity index (χ1n) is 12.0. The molecule has 12 heteroatoms. The van der Waals surface area contributed by atoms with Crippen LogP contribution in [0.25, 0.3) is 6.08 Å². The van der Waals surface area contributed by atoms with E-state index in [9.17, 15) is 14.9 Å². The number of carbonyl (C=O) groups is 2. The SMILES string of the molecule is COc1ccc(/C=C/C(=O)NCc2nnc(SCC(=O)Nc3sc4c(c3C#N)CCCC4)n2C)cc1OC. The molecule has 2 N–H and O–H groups in total. The van der Waals surface area contributed by atoms with Crippen molar-refractivity contribution < 1.29 is 19.1 Å². The molecule has 0 atom stereocenters. The number of rotatable bonds is 10. The minimum atomic E-state index is -0.289. The van der Waals surface area contributed by atoms with E-state index < -0.39 is 0 Å². The minimum absolute atomic E-state index is 0.125. The fourth-order valence-electron chi connectivity index (χ4n) is 4.04. The Morgan fingerprint density at radius 3 is 2.76 bits per heavy atom. The van der Waals surface area contributed by atoms with Crippen LogP contribution in [0, 0.1) is 11.3 Å². The number of amides is 2. The molecule has 1 aromatic carbocycles. The van der Waals surface area contributed by atoms with Crippen LogP contribution in [0.3, 0.4) is 0 Å². The summed E-state index contributed by atoms with van der Waals surface area (Å²) in [6.07, 6.45) is 7.15. The Morgan fingerprint density at radius 1 is 1.21 bits per heavy atom. The lowest BCUT2D eigenvalue weighted by Gasteiger charge is -2.09. The van der Waals surface area contributed by atoms with E-state index in [1.807, 2.05) is 6.07 Å². The smallest absolute Gasteiger partial charge is 0.244 e. The maximum atomic E-state index is 12.6. The molecular formula is C26H28N6O4S2. The monoisotopic (exact) mass is 552 g/mol. The summed E-state index contributed by atoms with van der Waals surface area (Å²) < 4.78 is 12.2. The van der Waals surface area contributed by atoms with Crippen LogP contribution in [0.4, 0.5) is 5.00 Å². The number of nitrogens with zero attached hydrogens (tertiary/aromatic N) is 4. The van der Waals surface area contributed by atoms with Gasteiger partial charge in [-0.2, -0.15) is 5.26 Å². The number of methoxy groups -OCH3 is 2. The molecule has 0 radical (unpaired) electrons. The Balaban J connectivity index is 1.28. The second kappa shape index (κ2) is 12.6. The van der Waals surface area contributed by atoms with E-state index in [1.165, 1.54) is 34.1 Å². The van der Waals surface area contributed by atoms with Crippen molar-refractivity contribution in [3.05, 3.63) is 51.7 Å². The summed E-state index contributed by atoms with van der Waals surface area (Å²) in [6, 6.07) is 7.63. The van der Waals surface area contributed by atoms with Crippen molar-refractivity contribution in [1.29, 1.82) is 5.26 Å². The molecule has 4 rings (SSSR count). The van der Waals surface area contributed by atoms with Crippen molar-refractivity contribution in [1.82, 2.24) is 20.1 Å². The van der Waals surface area contributed by atoms with Gasteiger partial charge in [0.1, 0.15) is 11.1 Å². The maximum absolute atomic E-state index is 12.6. The zero-order valence-electron chi connectivity index (χ0n) is 21.4. The first-order chi connectivity index (χ1) is 18.4. The molecule has 0 fully saturated rings. The molecule has 1 aliphatic rings. The molecule has 3 aromatic rings. The van der Waals surface area contributed by atoms with Gasteiger partial charge >= 0.3 is 0 Å².